The molecule has 2 aromatic rings. The largest absolute Gasteiger partial charge is 0.465 e. The standard InChI is InChI=1S/C23H23NO3/c1-14-7-6-8-18(10-14)13-20-21(23(26)27-5)17(4)24(22(20)25)19-11-15(2)9-16(3)12-19/h6-13H,1-5H3/b20-13-. The van der Waals surface area contributed by atoms with Gasteiger partial charge in [0.15, 0.2) is 0 Å². The summed E-state index contributed by atoms with van der Waals surface area (Å²) in [6.45, 7) is 7.74. The quantitative estimate of drug-likeness (QED) is 0.598. The number of allylic oxidation sites excluding steroid dienone is 1. The molecule has 0 bridgehead atoms. The fraction of sp³-hybridized carbons (Fsp3) is 0.217. The molecular formula is C23H23NO3. The zero-order valence-electron chi connectivity index (χ0n) is 16.3. The number of aryl methyl sites for hydroxylation is 3. The van der Waals surface area contributed by atoms with E-state index < -0.39 is 5.97 Å². The van der Waals surface area contributed by atoms with Crippen LogP contribution in [0.2, 0.25) is 0 Å². The molecule has 1 heterocycles. The van der Waals surface area contributed by atoms with Crippen LogP contribution in [-0.4, -0.2) is 19.0 Å². The summed E-state index contributed by atoms with van der Waals surface area (Å²) >= 11 is 0. The molecule has 0 radical (unpaired) electrons. The maximum atomic E-state index is 13.3. The van der Waals surface area contributed by atoms with Gasteiger partial charge in [-0.3, -0.25) is 9.69 Å². The zero-order valence-corrected chi connectivity index (χ0v) is 16.3. The van der Waals surface area contributed by atoms with Crippen molar-refractivity contribution in [3.05, 3.63) is 81.6 Å². The van der Waals surface area contributed by atoms with Gasteiger partial charge in [-0.15, -0.1) is 0 Å². The molecule has 0 aromatic heterocycles. The number of carbonyl (C=O) groups excluding carboxylic acids is 2. The van der Waals surface area contributed by atoms with Crippen molar-refractivity contribution in [3.63, 3.8) is 0 Å². The van der Waals surface area contributed by atoms with Crippen LogP contribution in [0, 0.1) is 20.8 Å². The second-order valence-corrected chi connectivity index (χ2v) is 6.91. The SMILES string of the molecule is COC(=O)C1=C(C)N(c2cc(C)cc(C)c2)C(=O)/C1=C\c1cccc(C)c1. The number of esters is 1. The first kappa shape index (κ1) is 18.6. The second-order valence-electron chi connectivity index (χ2n) is 6.91. The van der Waals surface area contributed by atoms with Gasteiger partial charge in [0.05, 0.1) is 18.3 Å². The molecule has 0 aliphatic carbocycles. The van der Waals surface area contributed by atoms with Gasteiger partial charge in [0.25, 0.3) is 5.91 Å². The van der Waals surface area contributed by atoms with Gasteiger partial charge in [-0.1, -0.05) is 35.9 Å². The first-order valence-electron chi connectivity index (χ1n) is 8.82. The molecule has 4 heteroatoms. The van der Waals surface area contributed by atoms with Crippen LogP contribution in [0.5, 0.6) is 0 Å². The van der Waals surface area contributed by atoms with Crippen molar-refractivity contribution in [2.45, 2.75) is 27.7 Å². The summed E-state index contributed by atoms with van der Waals surface area (Å²) < 4.78 is 4.96. The number of amides is 1. The van der Waals surface area contributed by atoms with E-state index >= 15 is 0 Å². The van der Waals surface area contributed by atoms with E-state index in [1.807, 2.05) is 63.2 Å². The van der Waals surface area contributed by atoms with Crippen LogP contribution in [-0.2, 0) is 14.3 Å². The van der Waals surface area contributed by atoms with Crippen molar-refractivity contribution in [2.75, 3.05) is 12.0 Å². The summed E-state index contributed by atoms with van der Waals surface area (Å²) in [6.07, 6.45) is 1.76. The molecule has 0 saturated carbocycles. The Morgan fingerprint density at radius 1 is 0.963 bits per heavy atom. The molecule has 1 aliphatic rings. The molecule has 27 heavy (non-hydrogen) atoms. The van der Waals surface area contributed by atoms with Crippen molar-refractivity contribution in [1.82, 2.24) is 0 Å². The lowest BCUT2D eigenvalue weighted by Crippen LogP contribution is -2.24. The van der Waals surface area contributed by atoms with Crippen LogP contribution in [0.1, 0.15) is 29.2 Å². The van der Waals surface area contributed by atoms with E-state index in [4.69, 9.17) is 4.74 Å². The second kappa shape index (κ2) is 7.23. The van der Waals surface area contributed by atoms with Crippen molar-refractivity contribution in [1.29, 1.82) is 0 Å². The lowest BCUT2D eigenvalue weighted by molar-refractivity contribution is -0.136. The minimum absolute atomic E-state index is 0.223. The average molecular weight is 361 g/mol. The smallest absolute Gasteiger partial charge is 0.340 e. The predicted molar refractivity (Wildman–Crippen MR) is 107 cm³/mol. The average Bonchev–Trinajstić information content (AvgIpc) is 2.83. The summed E-state index contributed by atoms with van der Waals surface area (Å²) in [6, 6.07) is 13.7. The van der Waals surface area contributed by atoms with E-state index in [1.165, 1.54) is 7.11 Å². The van der Waals surface area contributed by atoms with Gasteiger partial charge >= 0.3 is 5.97 Å². The Balaban J connectivity index is 2.17. The van der Waals surface area contributed by atoms with Gasteiger partial charge in [-0.2, -0.15) is 0 Å². The zero-order chi connectivity index (χ0) is 19.7. The highest BCUT2D eigenvalue weighted by Gasteiger charge is 2.38. The Kier molecular flexibility index (Phi) is 5.00. The molecule has 4 nitrogen and oxygen atoms in total. The van der Waals surface area contributed by atoms with Crippen molar-refractivity contribution < 1.29 is 14.3 Å². The highest BCUT2D eigenvalue weighted by atomic mass is 16.5. The maximum Gasteiger partial charge on any atom is 0.340 e. The number of hydrogen-bond donors (Lipinski definition) is 0. The van der Waals surface area contributed by atoms with Crippen LogP contribution < -0.4 is 4.90 Å². The van der Waals surface area contributed by atoms with Gasteiger partial charge in [-0.05, 0) is 62.6 Å². The number of methoxy groups -OCH3 is 1. The Bertz CT molecular complexity index is 978. The third kappa shape index (κ3) is 3.56. The predicted octanol–water partition coefficient (Wildman–Crippen LogP) is 4.49. The van der Waals surface area contributed by atoms with Gasteiger partial charge in [0.1, 0.15) is 0 Å². The third-order valence-corrected chi connectivity index (χ3v) is 4.61. The number of ether oxygens (including phenoxy) is 1. The van der Waals surface area contributed by atoms with Gasteiger partial charge in [-0.25, -0.2) is 4.79 Å². The van der Waals surface area contributed by atoms with E-state index in [2.05, 4.69) is 0 Å². The third-order valence-electron chi connectivity index (χ3n) is 4.61. The lowest BCUT2D eigenvalue weighted by Gasteiger charge is -2.19. The van der Waals surface area contributed by atoms with Crippen LogP contribution in [0.25, 0.3) is 6.08 Å². The van der Waals surface area contributed by atoms with Gasteiger partial charge in [0, 0.05) is 11.4 Å². The number of carbonyl (C=O) groups is 2. The fourth-order valence-electron chi connectivity index (χ4n) is 3.50. The molecule has 0 atom stereocenters. The molecule has 0 saturated heterocycles. The number of anilines is 1. The molecule has 2 aromatic carbocycles. The van der Waals surface area contributed by atoms with E-state index in [-0.39, 0.29) is 5.91 Å². The van der Waals surface area contributed by atoms with Gasteiger partial charge < -0.3 is 4.74 Å². The molecule has 0 spiro atoms. The van der Waals surface area contributed by atoms with Crippen LogP contribution in [0.4, 0.5) is 5.69 Å². The Labute approximate surface area is 159 Å². The minimum atomic E-state index is -0.508. The van der Waals surface area contributed by atoms with Crippen LogP contribution in [0.3, 0.4) is 0 Å². The van der Waals surface area contributed by atoms with E-state index in [1.54, 1.807) is 17.9 Å². The first-order chi connectivity index (χ1) is 12.8. The molecule has 138 valence electrons. The number of hydrogen-bond acceptors (Lipinski definition) is 3. The summed E-state index contributed by atoms with van der Waals surface area (Å²) in [5.41, 5.74) is 6.06. The summed E-state index contributed by atoms with van der Waals surface area (Å²) in [7, 11) is 1.33. The Morgan fingerprint density at radius 3 is 2.22 bits per heavy atom. The molecule has 1 amide bonds. The van der Waals surface area contributed by atoms with Gasteiger partial charge in [0.2, 0.25) is 0 Å². The fourth-order valence-corrected chi connectivity index (χ4v) is 3.50. The van der Waals surface area contributed by atoms with Crippen LogP contribution in [0.15, 0.2) is 59.3 Å². The maximum absolute atomic E-state index is 13.3. The molecule has 0 N–H and O–H groups in total. The number of benzene rings is 2. The molecule has 0 unspecified atom stereocenters. The summed E-state index contributed by atoms with van der Waals surface area (Å²) in [4.78, 5) is 27.3. The van der Waals surface area contributed by atoms with E-state index in [0.29, 0.717) is 16.8 Å². The van der Waals surface area contributed by atoms with Crippen molar-refractivity contribution in [2.24, 2.45) is 0 Å². The lowest BCUT2D eigenvalue weighted by atomic mass is 10.0. The minimum Gasteiger partial charge on any atom is -0.465 e. The highest BCUT2D eigenvalue weighted by molar-refractivity contribution is 6.23. The Hall–Kier alpha value is -3.14. The van der Waals surface area contributed by atoms with E-state index in [0.717, 1.165) is 27.9 Å². The Morgan fingerprint density at radius 2 is 1.63 bits per heavy atom. The molecule has 1 aliphatic heterocycles. The number of nitrogens with zero attached hydrogens (tertiary/aromatic N) is 1. The topological polar surface area (TPSA) is 46.6 Å². The van der Waals surface area contributed by atoms with Crippen LogP contribution >= 0.6 is 0 Å². The first-order valence-corrected chi connectivity index (χ1v) is 8.82. The monoisotopic (exact) mass is 361 g/mol. The molecule has 0 fully saturated rings. The normalized spacial score (nSPS) is 15.7. The summed E-state index contributed by atoms with van der Waals surface area (Å²) in [5, 5.41) is 0. The van der Waals surface area contributed by atoms with Crippen molar-refractivity contribution in [3.8, 4) is 0 Å². The highest BCUT2D eigenvalue weighted by Crippen LogP contribution is 2.36. The molecule has 3 rings (SSSR count). The number of rotatable bonds is 3. The molecular weight excluding hydrogens is 338 g/mol. The van der Waals surface area contributed by atoms with Crippen molar-refractivity contribution >= 4 is 23.6 Å². The van der Waals surface area contributed by atoms with E-state index in [9.17, 15) is 9.59 Å². The summed E-state index contributed by atoms with van der Waals surface area (Å²) in [5.74, 6) is -0.731.